The molecule has 0 fully saturated rings. The maximum absolute atomic E-state index is 11.0. The van der Waals surface area contributed by atoms with Crippen molar-refractivity contribution in [2.45, 2.75) is 32.6 Å². The van der Waals surface area contributed by atoms with Crippen molar-refractivity contribution in [2.24, 2.45) is 0 Å². The molecule has 0 saturated carbocycles. The Morgan fingerprint density at radius 2 is 1.93 bits per heavy atom. The summed E-state index contributed by atoms with van der Waals surface area (Å²) < 4.78 is 4.85. The first kappa shape index (κ1) is 13.7. The van der Waals surface area contributed by atoms with Crippen molar-refractivity contribution in [1.29, 1.82) is 0 Å². The van der Waals surface area contributed by atoms with Gasteiger partial charge in [0.1, 0.15) is 0 Å². The molecule has 88 valence electrons. The molecule has 15 heavy (non-hydrogen) atoms. The normalized spacial score (nSPS) is 9.47. The largest absolute Gasteiger partial charge is 0.450 e. The van der Waals surface area contributed by atoms with Crippen LogP contribution in [-0.4, -0.2) is 32.2 Å². The zero-order chi connectivity index (χ0) is 11.5. The third-order valence-corrected chi connectivity index (χ3v) is 1.90. The Labute approximate surface area is 90.6 Å². The average molecular weight is 216 g/mol. The van der Waals surface area contributed by atoms with Gasteiger partial charge in [0, 0.05) is 7.05 Å². The predicted octanol–water partition coefficient (Wildman–Crippen LogP) is 1.04. The third-order valence-electron chi connectivity index (χ3n) is 1.90. The lowest BCUT2D eigenvalue weighted by atomic mass is 10.2. The molecule has 2 N–H and O–H groups in total. The molecule has 0 spiro atoms. The molecule has 0 atom stereocenters. The average Bonchev–Trinajstić information content (AvgIpc) is 2.25. The van der Waals surface area contributed by atoms with E-state index in [1.54, 1.807) is 0 Å². The highest BCUT2D eigenvalue weighted by Gasteiger charge is 2.03. The number of likely N-dealkylation sites (N-methyl/N-ethyl adjacent to an activating group) is 1. The number of rotatable bonds is 7. The van der Waals surface area contributed by atoms with Gasteiger partial charge in [0.2, 0.25) is 5.91 Å². The first-order valence-corrected chi connectivity index (χ1v) is 5.32. The van der Waals surface area contributed by atoms with E-state index in [1.165, 1.54) is 7.05 Å². The summed E-state index contributed by atoms with van der Waals surface area (Å²) in [5, 5.41) is 4.75. The molecular formula is C10H20N2O3. The maximum atomic E-state index is 11.0. The second-order valence-electron chi connectivity index (χ2n) is 3.22. The molecule has 0 saturated heterocycles. The molecule has 2 amide bonds. The molecule has 0 aromatic carbocycles. The lowest BCUT2D eigenvalue weighted by Gasteiger charge is -2.05. The van der Waals surface area contributed by atoms with E-state index in [9.17, 15) is 9.59 Å². The molecular weight excluding hydrogens is 196 g/mol. The number of ether oxygens (including phenoxy) is 1. The number of carbonyl (C=O) groups is 2. The fraction of sp³-hybridized carbons (Fsp3) is 0.800. The van der Waals surface area contributed by atoms with Gasteiger partial charge in [-0.3, -0.25) is 4.79 Å². The minimum absolute atomic E-state index is 0.0374. The van der Waals surface area contributed by atoms with E-state index in [1.807, 2.05) is 0 Å². The molecule has 0 rings (SSSR count). The summed E-state index contributed by atoms with van der Waals surface area (Å²) in [5.74, 6) is -0.238. The summed E-state index contributed by atoms with van der Waals surface area (Å²) in [4.78, 5) is 21.7. The van der Waals surface area contributed by atoms with Crippen molar-refractivity contribution in [3.8, 4) is 0 Å². The van der Waals surface area contributed by atoms with E-state index >= 15 is 0 Å². The van der Waals surface area contributed by atoms with Crippen LogP contribution in [0.1, 0.15) is 32.6 Å². The SMILES string of the molecule is CCCCCCOC(=O)NCC(=O)NC. The number of unbranched alkanes of at least 4 members (excludes halogenated alkanes) is 3. The number of hydrogen-bond acceptors (Lipinski definition) is 3. The van der Waals surface area contributed by atoms with Crippen LogP contribution in [-0.2, 0) is 9.53 Å². The van der Waals surface area contributed by atoms with E-state index in [0.29, 0.717) is 6.61 Å². The van der Waals surface area contributed by atoms with Gasteiger partial charge < -0.3 is 15.4 Å². The van der Waals surface area contributed by atoms with Gasteiger partial charge in [0.25, 0.3) is 0 Å². The van der Waals surface area contributed by atoms with Crippen molar-refractivity contribution in [3.05, 3.63) is 0 Å². The van der Waals surface area contributed by atoms with Crippen LogP contribution in [0.5, 0.6) is 0 Å². The van der Waals surface area contributed by atoms with Crippen LogP contribution in [0.3, 0.4) is 0 Å². The van der Waals surface area contributed by atoms with Gasteiger partial charge in [0.05, 0.1) is 13.2 Å². The molecule has 5 nitrogen and oxygen atoms in total. The van der Waals surface area contributed by atoms with E-state index in [4.69, 9.17) is 4.74 Å². The Morgan fingerprint density at radius 1 is 1.20 bits per heavy atom. The predicted molar refractivity (Wildman–Crippen MR) is 57.6 cm³/mol. The van der Waals surface area contributed by atoms with Gasteiger partial charge in [-0.15, -0.1) is 0 Å². The summed E-state index contributed by atoms with van der Waals surface area (Å²) in [5.41, 5.74) is 0. The number of carbonyl (C=O) groups excluding carboxylic acids is 2. The fourth-order valence-electron chi connectivity index (χ4n) is 0.986. The maximum Gasteiger partial charge on any atom is 0.407 e. The molecule has 5 heteroatoms. The first-order valence-electron chi connectivity index (χ1n) is 5.32. The zero-order valence-electron chi connectivity index (χ0n) is 9.47. The Kier molecular flexibility index (Phi) is 8.52. The van der Waals surface area contributed by atoms with Crippen molar-refractivity contribution in [2.75, 3.05) is 20.2 Å². The number of amides is 2. The van der Waals surface area contributed by atoms with Crippen molar-refractivity contribution < 1.29 is 14.3 Å². The van der Waals surface area contributed by atoms with E-state index in [0.717, 1.165) is 25.7 Å². The minimum Gasteiger partial charge on any atom is -0.450 e. The monoisotopic (exact) mass is 216 g/mol. The lowest BCUT2D eigenvalue weighted by molar-refractivity contribution is -0.119. The van der Waals surface area contributed by atoms with Crippen LogP contribution in [0.25, 0.3) is 0 Å². The highest BCUT2D eigenvalue weighted by molar-refractivity contribution is 5.81. The Balaban J connectivity index is 3.30. The van der Waals surface area contributed by atoms with Crippen LogP contribution in [0.15, 0.2) is 0 Å². The summed E-state index contributed by atoms with van der Waals surface area (Å²) in [6, 6.07) is 0. The minimum atomic E-state index is -0.532. The lowest BCUT2D eigenvalue weighted by Crippen LogP contribution is -2.35. The molecule has 0 aliphatic rings. The quantitative estimate of drug-likeness (QED) is 0.625. The van der Waals surface area contributed by atoms with Gasteiger partial charge in [-0.25, -0.2) is 4.79 Å². The van der Waals surface area contributed by atoms with Crippen molar-refractivity contribution in [1.82, 2.24) is 10.6 Å². The summed E-state index contributed by atoms with van der Waals surface area (Å²) in [7, 11) is 1.51. The van der Waals surface area contributed by atoms with Gasteiger partial charge >= 0.3 is 6.09 Å². The Bertz CT molecular complexity index is 195. The second-order valence-corrected chi connectivity index (χ2v) is 3.22. The highest BCUT2D eigenvalue weighted by Crippen LogP contribution is 1.98. The zero-order valence-corrected chi connectivity index (χ0v) is 9.47. The van der Waals surface area contributed by atoms with Crippen LogP contribution in [0, 0.1) is 0 Å². The van der Waals surface area contributed by atoms with Crippen LogP contribution >= 0.6 is 0 Å². The molecule has 0 aliphatic carbocycles. The Morgan fingerprint density at radius 3 is 2.53 bits per heavy atom. The van der Waals surface area contributed by atoms with E-state index in [2.05, 4.69) is 17.6 Å². The van der Waals surface area contributed by atoms with Gasteiger partial charge in [-0.2, -0.15) is 0 Å². The molecule has 0 heterocycles. The van der Waals surface area contributed by atoms with Gasteiger partial charge in [0.15, 0.2) is 0 Å². The van der Waals surface area contributed by atoms with Crippen molar-refractivity contribution in [3.63, 3.8) is 0 Å². The highest BCUT2D eigenvalue weighted by atomic mass is 16.5. The molecule has 0 unspecified atom stereocenters. The van der Waals surface area contributed by atoms with Crippen molar-refractivity contribution >= 4 is 12.0 Å². The van der Waals surface area contributed by atoms with Crippen LogP contribution in [0.2, 0.25) is 0 Å². The van der Waals surface area contributed by atoms with Gasteiger partial charge in [-0.05, 0) is 6.42 Å². The summed E-state index contributed by atoms with van der Waals surface area (Å²) in [6.45, 7) is 2.50. The standard InChI is InChI=1S/C10H20N2O3/c1-3-4-5-6-7-15-10(14)12-8-9(13)11-2/h3-8H2,1-2H3,(H,11,13)(H,12,14). The van der Waals surface area contributed by atoms with E-state index < -0.39 is 6.09 Å². The second kappa shape index (κ2) is 9.30. The number of nitrogens with one attached hydrogen (secondary N) is 2. The smallest absolute Gasteiger partial charge is 0.407 e. The molecule has 0 aliphatic heterocycles. The third kappa shape index (κ3) is 9.05. The topological polar surface area (TPSA) is 67.4 Å². The summed E-state index contributed by atoms with van der Waals surface area (Å²) >= 11 is 0. The molecule has 0 bridgehead atoms. The molecule has 0 radical (unpaired) electrons. The number of alkyl carbamates (subject to hydrolysis) is 1. The van der Waals surface area contributed by atoms with Gasteiger partial charge in [-0.1, -0.05) is 26.2 Å². The van der Waals surface area contributed by atoms with Crippen LogP contribution in [0.4, 0.5) is 4.79 Å². The first-order chi connectivity index (χ1) is 7.20. The number of hydrogen-bond donors (Lipinski definition) is 2. The molecule has 0 aromatic rings. The van der Waals surface area contributed by atoms with Crippen LogP contribution < -0.4 is 10.6 Å². The Hall–Kier alpha value is -1.26. The van der Waals surface area contributed by atoms with E-state index in [-0.39, 0.29) is 12.5 Å². The summed E-state index contributed by atoms with van der Waals surface area (Å²) in [6.07, 6.45) is 3.72. The fourth-order valence-corrected chi connectivity index (χ4v) is 0.986. The molecule has 0 aromatic heterocycles.